The Hall–Kier alpha value is -4.36. The molecule has 28 heavy (non-hydrogen) atoms. The van der Waals surface area contributed by atoms with Gasteiger partial charge in [-0.15, -0.1) is 0 Å². The van der Waals surface area contributed by atoms with Gasteiger partial charge >= 0.3 is 5.97 Å². The van der Waals surface area contributed by atoms with Crippen LogP contribution in [0.3, 0.4) is 0 Å². The maximum absolute atomic E-state index is 12.1. The van der Waals surface area contributed by atoms with Crippen molar-refractivity contribution in [1.82, 2.24) is 4.98 Å². The number of rotatable bonds is 3. The Morgan fingerprint density at radius 2 is 1.64 bits per heavy atom. The molecule has 1 aromatic heterocycles. The van der Waals surface area contributed by atoms with Gasteiger partial charge in [-0.05, 0) is 34.9 Å². The summed E-state index contributed by atoms with van der Waals surface area (Å²) in [5.41, 5.74) is 7.69. The van der Waals surface area contributed by atoms with Crippen LogP contribution in [-0.2, 0) is 4.74 Å². The van der Waals surface area contributed by atoms with Crippen molar-refractivity contribution in [3.05, 3.63) is 75.6 Å². The number of pyridine rings is 1. The van der Waals surface area contributed by atoms with E-state index < -0.39 is 11.5 Å². The number of benzene rings is 2. The SMILES string of the molecule is COC(=O)c1ccc(-c2cccc(-c3c(C#N)c(N)[nH]c(=O)c3C#N)c2)cc1. The van der Waals surface area contributed by atoms with E-state index in [4.69, 9.17) is 5.73 Å². The lowest BCUT2D eigenvalue weighted by Crippen LogP contribution is -2.16. The molecule has 1 heterocycles. The van der Waals surface area contributed by atoms with Crippen LogP contribution in [0.25, 0.3) is 22.3 Å². The van der Waals surface area contributed by atoms with Gasteiger partial charge in [-0.25, -0.2) is 4.79 Å². The summed E-state index contributed by atoms with van der Waals surface area (Å²) in [7, 11) is 1.31. The van der Waals surface area contributed by atoms with Crippen LogP contribution in [-0.4, -0.2) is 18.1 Å². The third kappa shape index (κ3) is 3.20. The second-order valence-electron chi connectivity index (χ2n) is 5.87. The van der Waals surface area contributed by atoms with E-state index in [2.05, 4.69) is 9.72 Å². The minimum Gasteiger partial charge on any atom is -0.465 e. The molecule has 0 aliphatic carbocycles. The van der Waals surface area contributed by atoms with Gasteiger partial charge in [-0.3, -0.25) is 4.79 Å². The Bertz CT molecular complexity index is 1210. The predicted molar refractivity (Wildman–Crippen MR) is 103 cm³/mol. The van der Waals surface area contributed by atoms with E-state index >= 15 is 0 Å². The molecule has 3 rings (SSSR count). The van der Waals surface area contributed by atoms with Crippen molar-refractivity contribution >= 4 is 11.8 Å². The third-order valence-corrected chi connectivity index (χ3v) is 4.26. The van der Waals surface area contributed by atoms with E-state index in [9.17, 15) is 20.1 Å². The van der Waals surface area contributed by atoms with Gasteiger partial charge in [-0.2, -0.15) is 10.5 Å². The molecule has 0 aliphatic heterocycles. The molecular formula is C21H14N4O3. The van der Waals surface area contributed by atoms with Crippen LogP contribution in [0.2, 0.25) is 0 Å². The van der Waals surface area contributed by atoms with Crippen molar-refractivity contribution < 1.29 is 9.53 Å². The fraction of sp³-hybridized carbons (Fsp3) is 0.0476. The first-order valence-electron chi connectivity index (χ1n) is 8.15. The Kier molecular flexibility index (Phi) is 4.93. The number of nitrogens with one attached hydrogen (secondary N) is 1. The Morgan fingerprint density at radius 1 is 1.00 bits per heavy atom. The van der Waals surface area contributed by atoms with Crippen molar-refractivity contribution in [2.45, 2.75) is 0 Å². The number of nitriles is 2. The number of esters is 1. The number of hydrogen-bond acceptors (Lipinski definition) is 6. The lowest BCUT2D eigenvalue weighted by Gasteiger charge is -2.11. The first-order valence-corrected chi connectivity index (χ1v) is 8.15. The molecule has 0 fully saturated rings. The molecule has 0 amide bonds. The van der Waals surface area contributed by atoms with E-state index in [0.29, 0.717) is 11.1 Å². The molecule has 0 unspecified atom stereocenters. The van der Waals surface area contributed by atoms with Gasteiger partial charge in [0.1, 0.15) is 29.1 Å². The van der Waals surface area contributed by atoms with Crippen molar-refractivity contribution in [3.8, 4) is 34.4 Å². The molecule has 2 aromatic carbocycles. The number of H-pyrrole nitrogens is 1. The average Bonchev–Trinajstić information content (AvgIpc) is 2.73. The number of nitrogen functional groups attached to an aromatic ring is 1. The molecular weight excluding hydrogens is 356 g/mol. The second-order valence-corrected chi connectivity index (χ2v) is 5.87. The molecule has 0 bridgehead atoms. The van der Waals surface area contributed by atoms with E-state index in [0.717, 1.165) is 11.1 Å². The Balaban J connectivity index is 2.16. The van der Waals surface area contributed by atoms with Crippen molar-refractivity contribution in [2.24, 2.45) is 0 Å². The van der Waals surface area contributed by atoms with Crippen LogP contribution in [0.1, 0.15) is 21.5 Å². The number of carbonyl (C=O) groups is 1. The van der Waals surface area contributed by atoms with Crippen LogP contribution >= 0.6 is 0 Å². The zero-order valence-electron chi connectivity index (χ0n) is 14.8. The molecule has 0 atom stereocenters. The van der Waals surface area contributed by atoms with Crippen LogP contribution in [0.5, 0.6) is 0 Å². The first-order chi connectivity index (χ1) is 13.5. The van der Waals surface area contributed by atoms with Crippen molar-refractivity contribution in [1.29, 1.82) is 10.5 Å². The van der Waals surface area contributed by atoms with Gasteiger partial charge in [0, 0.05) is 5.56 Å². The summed E-state index contributed by atoms with van der Waals surface area (Å²) < 4.78 is 4.69. The minimum absolute atomic E-state index is 0.0364. The molecule has 3 aromatic rings. The normalized spacial score (nSPS) is 9.96. The molecule has 0 saturated carbocycles. The van der Waals surface area contributed by atoms with Gasteiger partial charge in [0.25, 0.3) is 5.56 Å². The highest BCUT2D eigenvalue weighted by Crippen LogP contribution is 2.31. The quantitative estimate of drug-likeness (QED) is 0.681. The molecule has 3 N–H and O–H groups in total. The summed E-state index contributed by atoms with van der Waals surface area (Å²) in [6.07, 6.45) is 0. The molecule has 136 valence electrons. The van der Waals surface area contributed by atoms with Gasteiger partial charge in [0.2, 0.25) is 0 Å². The highest BCUT2D eigenvalue weighted by molar-refractivity contribution is 5.90. The largest absolute Gasteiger partial charge is 0.465 e. The number of anilines is 1. The number of nitrogens with two attached hydrogens (primary N) is 1. The summed E-state index contributed by atoms with van der Waals surface area (Å²) in [6.45, 7) is 0. The molecule has 0 saturated heterocycles. The predicted octanol–water partition coefficient (Wildman–Crippen LogP) is 2.82. The van der Waals surface area contributed by atoms with Gasteiger partial charge in [0.05, 0.1) is 12.7 Å². The Labute approximate surface area is 160 Å². The highest BCUT2D eigenvalue weighted by atomic mass is 16.5. The lowest BCUT2D eigenvalue weighted by molar-refractivity contribution is 0.0601. The summed E-state index contributed by atoms with van der Waals surface area (Å²) in [6, 6.07) is 17.6. The number of ether oxygens (including phenoxy) is 1. The topological polar surface area (TPSA) is 133 Å². The minimum atomic E-state index is -0.651. The number of carbonyl (C=O) groups excluding carboxylic acids is 1. The number of methoxy groups -OCH3 is 1. The van der Waals surface area contributed by atoms with Gasteiger partial charge in [0.15, 0.2) is 0 Å². The van der Waals surface area contributed by atoms with Crippen LogP contribution in [0.4, 0.5) is 5.82 Å². The van der Waals surface area contributed by atoms with Gasteiger partial charge < -0.3 is 15.5 Å². The number of aromatic nitrogens is 1. The number of hydrogen-bond donors (Lipinski definition) is 2. The van der Waals surface area contributed by atoms with Crippen LogP contribution < -0.4 is 11.3 Å². The summed E-state index contributed by atoms with van der Waals surface area (Å²) in [4.78, 5) is 26.0. The van der Waals surface area contributed by atoms with Crippen molar-refractivity contribution in [2.75, 3.05) is 12.8 Å². The van der Waals surface area contributed by atoms with Crippen LogP contribution in [0.15, 0.2) is 53.3 Å². The maximum Gasteiger partial charge on any atom is 0.337 e. The fourth-order valence-electron chi connectivity index (χ4n) is 2.90. The molecule has 7 heteroatoms. The molecule has 0 spiro atoms. The van der Waals surface area contributed by atoms with E-state index in [1.165, 1.54) is 7.11 Å². The average molecular weight is 370 g/mol. The van der Waals surface area contributed by atoms with E-state index in [1.807, 2.05) is 18.2 Å². The summed E-state index contributed by atoms with van der Waals surface area (Å²) in [5, 5.41) is 18.9. The monoisotopic (exact) mass is 370 g/mol. The van der Waals surface area contributed by atoms with E-state index in [-0.39, 0.29) is 22.5 Å². The van der Waals surface area contributed by atoms with Crippen molar-refractivity contribution in [3.63, 3.8) is 0 Å². The first kappa shape index (κ1) is 18.4. The summed E-state index contributed by atoms with van der Waals surface area (Å²) >= 11 is 0. The smallest absolute Gasteiger partial charge is 0.337 e. The highest BCUT2D eigenvalue weighted by Gasteiger charge is 2.18. The number of aromatic amines is 1. The standard InChI is InChI=1S/C21H14N4O3/c1-28-21(27)13-7-5-12(6-8-13)14-3-2-4-15(9-14)18-16(10-22)19(24)25-20(26)17(18)11-23/h2-9H,1H3,(H3,24,25,26). The molecule has 0 radical (unpaired) electrons. The zero-order chi connectivity index (χ0) is 20.3. The lowest BCUT2D eigenvalue weighted by atomic mass is 9.93. The second kappa shape index (κ2) is 7.48. The fourth-order valence-corrected chi connectivity index (χ4v) is 2.90. The number of nitrogens with zero attached hydrogens (tertiary/aromatic N) is 2. The molecule has 0 aliphatic rings. The van der Waals surface area contributed by atoms with Gasteiger partial charge in [-0.1, -0.05) is 30.3 Å². The molecule has 7 nitrogen and oxygen atoms in total. The third-order valence-electron chi connectivity index (χ3n) is 4.26. The zero-order valence-corrected chi connectivity index (χ0v) is 14.8. The summed E-state index contributed by atoms with van der Waals surface area (Å²) in [5.74, 6) is -0.522. The Morgan fingerprint density at radius 3 is 2.25 bits per heavy atom. The van der Waals surface area contributed by atoms with E-state index in [1.54, 1.807) is 42.5 Å². The maximum atomic E-state index is 12.1. The van der Waals surface area contributed by atoms with Crippen LogP contribution in [0, 0.1) is 22.7 Å².